The standard InChI is InChI=1S/C13H14N6O2S.C11H10N6OS.C9H8N6S.C9H10N6S.C8H8BrClN2O2.C8H7N3O.C7H5BrClNO.C7H6BrN3.C6H3BrClNO2.C4H9.C2H4O3.CH5N3S.CH3.BrH.Li.Mg/c1-7-11-4-10(5-14-12(11)18-17-7)6-15-19-13(16-8(2)20)22-9(3)21;1-5-8-3-7(4-12-9(8)15-14-5)10-16-17-11(19-10)13-6(2)18;1-4-6-2-5(3-11-7(6)13-12-4)8-14-15-9(10)16-8;1-5-7-2-6(4-12-15-9(10)16)3-11-8(7)14-13-5;1-12(14-2)8(13)6-3-5(9)4-11-7(6)10;1-5-7-2-6(4-12)3-9-8(7)11-10-5;1-4(11)6-2-5(8)3-10-7(6)9;1-4-6-2-5(8)3-9-7(6)11-10-4;7-3-1-4(6(10)11)5(8)9-2-3;1-4(2)3;1-2(3)5-4;2-1(5)4-3;;;;/h4-6H,1-3H3,(H,14,17,18)(H,16,19,20);3-4H,1-2H3,(H,12,14,15)(H,13,17,18);2-3H,1H3,(H2,10,15)(H,11,12,13);2-4H,1H3,(H3,10,15,16)(H,11,13,14);3-4H,1-2H3;2-4H,1H3,(H,9,10,11);2-3H,1H3;2-3H,1H3,(H,9,10,11);1-2H,(H,10,11);1-3H3;4H,1H3;3H2,(H3,2,4,5);1H3;1H;;/q;;;;;;;;;-1;;;-1;;+1;+2/p-1/b15-6+;;;12-4+;;;;;;;;;;;;. The summed E-state index contributed by atoms with van der Waals surface area (Å²) in [6, 6.07) is 16.2. The number of pyridine rings is 9. The van der Waals surface area contributed by atoms with Crippen molar-refractivity contribution in [1.29, 1.82) is 0 Å². The van der Waals surface area contributed by atoms with Crippen molar-refractivity contribution >= 4 is 332 Å². The number of anilines is 2. The number of aryl methyl sites for hydroxylation is 6. The van der Waals surface area contributed by atoms with Gasteiger partial charge in [0, 0.05) is 203 Å². The van der Waals surface area contributed by atoms with Crippen LogP contribution in [0.2, 0.25) is 15.5 Å². The maximum absolute atomic E-state index is 11.6. The Bertz CT molecular complexity index is 7460. The van der Waals surface area contributed by atoms with E-state index in [-0.39, 0.29) is 131 Å². The van der Waals surface area contributed by atoms with Gasteiger partial charge in [-0.25, -0.2) is 65.4 Å². The number of aromatic carboxylic acids is 1. The van der Waals surface area contributed by atoms with Crippen LogP contribution in [0.4, 0.5) is 10.3 Å². The van der Waals surface area contributed by atoms with E-state index >= 15 is 0 Å². The van der Waals surface area contributed by atoms with Gasteiger partial charge in [0.15, 0.2) is 76.5 Å². The Hall–Kier alpha value is -12.3. The largest absolute Gasteiger partial charge is 2.00 e. The molecule has 17 aromatic heterocycles. The summed E-state index contributed by atoms with van der Waals surface area (Å²) in [7, 11) is 2.90. The molecule has 0 aromatic carbocycles. The summed E-state index contributed by atoms with van der Waals surface area (Å²) in [6.07, 6.45) is 18.3. The summed E-state index contributed by atoms with van der Waals surface area (Å²) >= 11 is 42.0. The van der Waals surface area contributed by atoms with Crippen molar-refractivity contribution in [2.75, 3.05) is 25.2 Å². The molecule has 17 rings (SSSR count). The fraction of sp³-hybridized carbons (Fsp3) is 0.186. The number of ketones is 1. The van der Waals surface area contributed by atoms with Gasteiger partial charge >= 0.3 is 53.9 Å². The van der Waals surface area contributed by atoms with E-state index in [2.05, 4.69) is 277 Å². The van der Waals surface area contributed by atoms with Crippen LogP contribution in [0.15, 0.2) is 144 Å². The summed E-state index contributed by atoms with van der Waals surface area (Å²) in [5, 5.41) is 99.3. The number of carboxylic acids is 1. The van der Waals surface area contributed by atoms with Crippen LogP contribution in [-0.4, -0.2) is 254 Å². The molecule has 0 aliphatic carbocycles. The van der Waals surface area contributed by atoms with Gasteiger partial charge in [0.05, 0.1) is 36.2 Å². The molecule has 0 saturated carbocycles. The van der Waals surface area contributed by atoms with E-state index < -0.39 is 11.9 Å². The number of nitrogen functional groups attached to an aromatic ring is 1. The number of amidine groups is 1. The summed E-state index contributed by atoms with van der Waals surface area (Å²) in [5.41, 5.74) is 34.7. The van der Waals surface area contributed by atoms with Gasteiger partial charge in [-0.05, 0) is 203 Å². The molecule has 3 amide bonds. The Balaban J connectivity index is 0.000000563. The second-order valence-corrected chi connectivity index (χ2v) is 37.7. The number of carbonyl (C=O) groups excluding carboxylic acids is 7. The van der Waals surface area contributed by atoms with Gasteiger partial charge in [0.1, 0.15) is 15.5 Å². The van der Waals surface area contributed by atoms with Gasteiger partial charge in [-0.1, -0.05) is 57.5 Å². The van der Waals surface area contributed by atoms with Crippen molar-refractivity contribution in [3.8, 4) is 21.1 Å². The Morgan fingerprint density at radius 1 is 0.527 bits per heavy atom. The van der Waals surface area contributed by atoms with Crippen LogP contribution in [-0.2, 0) is 28.9 Å². The topological polar surface area (TPSA) is 728 Å². The third kappa shape index (κ3) is 45.5. The molecular weight excluding hydrogens is 2440 g/mol. The third-order valence-corrected chi connectivity index (χ3v) is 22.0. The van der Waals surface area contributed by atoms with Crippen LogP contribution >= 0.6 is 157 Å². The third-order valence-electron chi connectivity index (χ3n) is 16.8. The van der Waals surface area contributed by atoms with E-state index in [0.717, 1.165) is 138 Å². The van der Waals surface area contributed by atoms with Crippen LogP contribution in [0, 0.1) is 54.9 Å². The molecule has 49 nitrogen and oxygen atoms in total. The molecule has 0 spiro atoms. The van der Waals surface area contributed by atoms with E-state index in [4.69, 9.17) is 67.2 Å². The number of fused-ring (bicyclic) bond motifs is 6. The maximum Gasteiger partial charge on any atom is 2.00 e. The van der Waals surface area contributed by atoms with Crippen molar-refractivity contribution in [2.24, 2.45) is 32.6 Å². The van der Waals surface area contributed by atoms with Gasteiger partial charge < -0.3 is 73.6 Å². The molecule has 64 heteroatoms. The van der Waals surface area contributed by atoms with Crippen molar-refractivity contribution in [1.82, 2.24) is 148 Å². The number of hydrazine groups is 1. The SMILES string of the molecule is CC(=O)NC(=N/N=C/c1cnc2n[nH]c(C)c2c1)SC(C)=O.CC(=O)Nc1nnc(-c2cnc3n[nH]c(C)c3c2)s1.CC(=O)OO.CC(=O)c1cc(Br)cnc1Cl.CON(C)C(=O)c1cc(Br)cnc1Cl.C[C-](C)C.Cc1[nH]nc2ncc(-c3nnc(N)s3)cc12.Cc1[nH]nc2ncc(/C=N/NC(N)=S)cc12.Cc1[nH]nc2ncc(Br)cc12.Cc1[nH]nc2ncc(C=O)cc12.NNC(N)=S.O=C(O)c1cc(Br)cnc1Cl.[Br-].[CH3-].[Li+].[Mg+2]. The monoisotopic (exact) mass is 2530 g/mol. The molecule has 782 valence electrons. The first-order valence-electron chi connectivity index (χ1n) is 40.8. The van der Waals surface area contributed by atoms with Gasteiger partial charge in [-0.2, -0.15) is 66.8 Å². The number of nitrogens with one attached hydrogen (secondary N) is 10. The zero-order chi connectivity index (χ0) is 108. The van der Waals surface area contributed by atoms with Crippen molar-refractivity contribution in [2.45, 2.75) is 96.9 Å². The number of Topliss-reactive ketones (excluding diaryl/α,β-unsaturated/α-hetero) is 1. The number of aromatic amines is 6. The van der Waals surface area contributed by atoms with Crippen molar-refractivity contribution < 1.29 is 94.3 Å². The van der Waals surface area contributed by atoms with Gasteiger partial charge in [-0.3, -0.25) is 69.6 Å². The second kappa shape index (κ2) is 67.8. The molecule has 17 aromatic rings. The average molecular weight is 2530 g/mol. The molecule has 150 heavy (non-hydrogen) atoms. The van der Waals surface area contributed by atoms with Crippen LogP contribution in [0.1, 0.15) is 142 Å². The smallest absolute Gasteiger partial charge is 1.00 e. The number of rotatable bonds is 12. The number of H-pyrrole nitrogens is 6. The number of halogens is 8. The first-order chi connectivity index (χ1) is 69.1. The number of hydrazone groups is 1. The second-order valence-electron chi connectivity index (χ2n) is 29.0. The first-order valence-corrected chi connectivity index (χ1v) is 48.4. The molecule has 0 atom stereocenters. The van der Waals surface area contributed by atoms with Gasteiger partial charge in [0.25, 0.3) is 5.91 Å². The predicted octanol–water partition coefficient (Wildman–Crippen LogP) is 9.46. The first kappa shape index (κ1) is 134. The van der Waals surface area contributed by atoms with Gasteiger partial charge in [0.2, 0.25) is 22.1 Å². The Morgan fingerprint density at radius 3 is 1.23 bits per heavy atom. The number of nitrogens with two attached hydrogens (primary N) is 4. The van der Waals surface area contributed by atoms with Crippen molar-refractivity contribution in [3.63, 3.8) is 0 Å². The summed E-state index contributed by atoms with van der Waals surface area (Å²) < 4.78 is 3.02. The molecule has 0 bridgehead atoms. The normalized spacial score (nSPS) is 10.2. The number of carbonyl (C=O) groups is 8. The summed E-state index contributed by atoms with van der Waals surface area (Å²) in [4.78, 5) is 130. The minimum atomic E-state index is -1.08. The number of thiocarbonyl (C=S) groups is 2. The molecule has 17 heterocycles. The van der Waals surface area contributed by atoms with E-state index in [1.165, 1.54) is 101 Å². The molecule has 0 aliphatic rings. The Labute approximate surface area is 964 Å². The zero-order valence-corrected chi connectivity index (χ0v) is 98.2. The van der Waals surface area contributed by atoms with Gasteiger partial charge in [-0.15, -0.1) is 25.5 Å². The fourth-order valence-electron chi connectivity index (χ4n) is 10.2. The fourth-order valence-corrected chi connectivity index (χ4v) is 14.1. The number of hydrogen-bond acceptors (Lipinski definition) is 40. The number of hydroxylamine groups is 2. The van der Waals surface area contributed by atoms with Crippen LogP contribution < -0.4 is 80.4 Å². The Kier molecular flexibility index (Phi) is 60.5. The van der Waals surface area contributed by atoms with Crippen molar-refractivity contribution in [3.05, 3.63) is 225 Å². The van der Waals surface area contributed by atoms with Crippen LogP contribution in [0.3, 0.4) is 0 Å². The molecule has 0 unspecified atom stereocenters. The number of aromatic nitrogens is 25. The summed E-state index contributed by atoms with van der Waals surface area (Å²) in [6.45, 7) is 24.6. The molecular formula is C86H92Br5Cl3LiMgN37O12S5. The summed E-state index contributed by atoms with van der Waals surface area (Å²) in [5.74, 6) is 3.40. The Morgan fingerprint density at radius 2 is 0.873 bits per heavy atom. The molecule has 0 fully saturated rings. The number of amides is 3. The van der Waals surface area contributed by atoms with E-state index in [0.29, 0.717) is 69.1 Å². The number of hydrogen-bond donors (Lipinski definition) is 16. The minimum Gasteiger partial charge on any atom is -1.00 e. The quantitative estimate of drug-likeness (QED) is 0.00462. The maximum atomic E-state index is 11.6. The number of thioether (sulfide) groups is 1. The number of aldehydes is 1. The molecule has 0 radical (unpaired) electrons. The zero-order valence-electron chi connectivity index (χ0n) is 82.5. The molecule has 20 N–H and O–H groups in total. The van der Waals surface area contributed by atoms with E-state index in [9.17, 15) is 38.4 Å². The van der Waals surface area contributed by atoms with Crippen LogP contribution in [0.25, 0.3) is 87.3 Å². The predicted molar refractivity (Wildman–Crippen MR) is 594 cm³/mol. The number of carboxylic acid groups (broad SMARTS) is 1. The minimum absolute atomic E-state index is 0. The van der Waals surface area contributed by atoms with E-state index in [1.54, 1.807) is 61.6 Å². The molecule has 0 aliphatic heterocycles. The molecule has 0 saturated heterocycles. The average Bonchev–Trinajstić information content (AvgIpc) is 1.66. The van der Waals surface area contributed by atoms with E-state index in [1.807, 2.05) is 77.3 Å². The number of nitrogens with zero attached hydrogens (tertiary/aromatic N) is 23. The van der Waals surface area contributed by atoms with Crippen LogP contribution in [0.5, 0.6) is 0 Å².